The normalized spacial score (nSPS) is 11.0. The van der Waals surface area contributed by atoms with Crippen molar-refractivity contribution in [3.63, 3.8) is 0 Å². The molecule has 0 spiro atoms. The predicted molar refractivity (Wildman–Crippen MR) is 130 cm³/mol. The molecule has 0 unspecified atom stereocenters. The number of carbonyl (C=O) groups excluding carboxylic acids is 1. The number of rotatable bonds is 12. The van der Waals surface area contributed by atoms with Crippen LogP contribution in [0.25, 0.3) is 0 Å². The minimum Gasteiger partial charge on any atom is -0.497 e. The third-order valence-corrected chi connectivity index (χ3v) is 7.23. The van der Waals surface area contributed by atoms with E-state index in [0.717, 1.165) is 5.56 Å². The molecule has 0 saturated heterocycles. The molecule has 9 nitrogen and oxygen atoms in total. The van der Waals surface area contributed by atoms with Crippen LogP contribution in [0.2, 0.25) is 0 Å². The van der Waals surface area contributed by atoms with E-state index in [1.807, 2.05) is 18.2 Å². The van der Waals surface area contributed by atoms with E-state index >= 15 is 0 Å². The number of carbonyl (C=O) groups is 1. The van der Waals surface area contributed by atoms with Crippen molar-refractivity contribution in [3.8, 4) is 17.2 Å². The maximum absolute atomic E-state index is 12.5. The molecule has 11 heteroatoms. The smallest absolute Gasteiger partial charge is 0.263 e. The number of nitrogens with one attached hydrogen (secondary N) is 2. The molecule has 3 rings (SSSR count). The zero-order valence-corrected chi connectivity index (χ0v) is 20.8. The number of sulfonamides is 1. The highest BCUT2D eigenvalue weighted by Crippen LogP contribution is 2.27. The SMILES string of the molecule is COc1ccc(S(=O)(=O)Nc2nc(CCC(=O)NCCc3ccc(OC)c(OC)c3)cs2)cc1. The van der Waals surface area contributed by atoms with Crippen molar-refractivity contribution in [1.82, 2.24) is 10.3 Å². The van der Waals surface area contributed by atoms with Crippen LogP contribution in [-0.4, -0.2) is 47.2 Å². The lowest BCUT2D eigenvalue weighted by atomic mass is 10.1. The number of thiazole rings is 1. The van der Waals surface area contributed by atoms with Crippen molar-refractivity contribution < 1.29 is 27.4 Å². The second-order valence-corrected chi connectivity index (χ2v) is 9.75. The van der Waals surface area contributed by atoms with E-state index in [9.17, 15) is 13.2 Å². The summed E-state index contributed by atoms with van der Waals surface area (Å²) in [5.41, 5.74) is 1.67. The molecule has 0 fully saturated rings. The van der Waals surface area contributed by atoms with Gasteiger partial charge in [0, 0.05) is 18.3 Å². The summed E-state index contributed by atoms with van der Waals surface area (Å²) in [5.74, 6) is 1.77. The molecule has 0 bridgehead atoms. The standard InChI is InChI=1S/C23H27N3O6S2/c1-30-18-6-8-19(9-7-18)34(28,29)26-23-25-17(15-33-23)5-11-22(27)24-13-12-16-4-10-20(31-2)21(14-16)32-3/h4,6-10,14-15H,5,11-13H2,1-3H3,(H,24,27)(H,25,26). The van der Waals surface area contributed by atoms with Gasteiger partial charge in [-0.25, -0.2) is 13.4 Å². The van der Waals surface area contributed by atoms with E-state index in [2.05, 4.69) is 15.0 Å². The minimum atomic E-state index is -3.76. The Kier molecular flexibility index (Phi) is 8.72. The van der Waals surface area contributed by atoms with Crippen molar-refractivity contribution in [2.24, 2.45) is 0 Å². The third-order valence-electron chi connectivity index (χ3n) is 4.94. The molecule has 1 amide bonds. The Morgan fingerprint density at radius 3 is 2.38 bits per heavy atom. The monoisotopic (exact) mass is 505 g/mol. The number of aromatic nitrogens is 1. The second kappa shape index (κ2) is 11.7. The van der Waals surface area contributed by atoms with Gasteiger partial charge in [0.15, 0.2) is 16.6 Å². The van der Waals surface area contributed by atoms with Crippen LogP contribution in [0.4, 0.5) is 5.13 Å². The first-order chi connectivity index (χ1) is 16.3. The Labute approximate surface area is 203 Å². The highest BCUT2D eigenvalue weighted by molar-refractivity contribution is 7.93. The molecule has 0 saturated carbocycles. The van der Waals surface area contributed by atoms with E-state index in [1.54, 1.807) is 31.7 Å². The first kappa shape index (κ1) is 25.3. The van der Waals surface area contributed by atoms with Gasteiger partial charge in [0.2, 0.25) is 5.91 Å². The first-order valence-corrected chi connectivity index (χ1v) is 12.8. The largest absolute Gasteiger partial charge is 0.497 e. The van der Waals surface area contributed by atoms with Gasteiger partial charge in [-0.2, -0.15) is 0 Å². The Balaban J connectivity index is 1.45. The Morgan fingerprint density at radius 2 is 1.71 bits per heavy atom. The molecule has 0 radical (unpaired) electrons. The van der Waals surface area contributed by atoms with Crippen molar-refractivity contribution >= 4 is 32.4 Å². The molecular weight excluding hydrogens is 478 g/mol. The molecule has 3 aromatic rings. The van der Waals surface area contributed by atoms with E-state index in [-0.39, 0.29) is 22.4 Å². The number of aryl methyl sites for hydroxylation is 1. The predicted octanol–water partition coefficient (Wildman–Crippen LogP) is 3.26. The number of nitrogens with zero attached hydrogens (tertiary/aromatic N) is 1. The van der Waals surface area contributed by atoms with Crippen LogP contribution in [0.15, 0.2) is 52.7 Å². The zero-order valence-electron chi connectivity index (χ0n) is 19.2. The minimum absolute atomic E-state index is 0.103. The van der Waals surface area contributed by atoms with Gasteiger partial charge in [-0.3, -0.25) is 9.52 Å². The number of anilines is 1. The van der Waals surface area contributed by atoms with Crippen molar-refractivity contribution in [2.75, 3.05) is 32.6 Å². The van der Waals surface area contributed by atoms with Crippen LogP contribution in [-0.2, 0) is 27.7 Å². The summed E-state index contributed by atoms with van der Waals surface area (Å²) in [5, 5.41) is 4.87. The van der Waals surface area contributed by atoms with E-state index < -0.39 is 10.0 Å². The fourth-order valence-corrected chi connectivity index (χ4v) is 5.11. The van der Waals surface area contributed by atoms with Crippen LogP contribution in [0.3, 0.4) is 0 Å². The number of ether oxygens (including phenoxy) is 3. The molecule has 34 heavy (non-hydrogen) atoms. The summed E-state index contributed by atoms with van der Waals surface area (Å²) in [6.45, 7) is 0.484. The molecule has 0 aliphatic rings. The second-order valence-electron chi connectivity index (χ2n) is 7.21. The highest BCUT2D eigenvalue weighted by atomic mass is 32.2. The molecule has 2 aromatic carbocycles. The molecule has 0 aliphatic heterocycles. The third kappa shape index (κ3) is 6.84. The van der Waals surface area contributed by atoms with Crippen molar-refractivity contribution in [1.29, 1.82) is 0 Å². The molecule has 182 valence electrons. The number of hydrogen-bond donors (Lipinski definition) is 2. The highest BCUT2D eigenvalue weighted by Gasteiger charge is 2.16. The van der Waals surface area contributed by atoms with Gasteiger partial charge in [0.1, 0.15) is 5.75 Å². The Bertz CT molecular complexity index is 1210. The average molecular weight is 506 g/mol. The fourth-order valence-electron chi connectivity index (χ4n) is 3.11. The van der Waals surface area contributed by atoms with Crippen molar-refractivity contribution in [2.45, 2.75) is 24.2 Å². The topological polar surface area (TPSA) is 116 Å². The van der Waals surface area contributed by atoms with Gasteiger partial charge < -0.3 is 19.5 Å². The molecule has 2 N–H and O–H groups in total. The van der Waals surface area contributed by atoms with Crippen LogP contribution < -0.4 is 24.2 Å². The molecule has 1 heterocycles. The summed E-state index contributed by atoms with van der Waals surface area (Å²) >= 11 is 1.17. The van der Waals surface area contributed by atoms with Gasteiger partial charge >= 0.3 is 0 Å². The van der Waals surface area contributed by atoms with Crippen molar-refractivity contribution in [3.05, 3.63) is 59.1 Å². The summed E-state index contributed by atoms with van der Waals surface area (Å²) < 4.78 is 43.1. The summed E-state index contributed by atoms with van der Waals surface area (Å²) in [7, 11) is 0.916. The lowest BCUT2D eigenvalue weighted by molar-refractivity contribution is -0.121. The number of amides is 1. The van der Waals surface area contributed by atoms with E-state index in [4.69, 9.17) is 14.2 Å². The quantitative estimate of drug-likeness (QED) is 0.388. The van der Waals surface area contributed by atoms with Crippen LogP contribution in [0.1, 0.15) is 17.7 Å². The Hall–Kier alpha value is -3.31. The fraction of sp³-hybridized carbons (Fsp3) is 0.304. The lowest BCUT2D eigenvalue weighted by Gasteiger charge is -2.10. The average Bonchev–Trinajstić information content (AvgIpc) is 3.29. The molecule has 1 aromatic heterocycles. The molecule has 0 aliphatic carbocycles. The number of benzene rings is 2. The van der Waals surface area contributed by atoms with Gasteiger partial charge in [-0.05, 0) is 54.8 Å². The van der Waals surface area contributed by atoms with E-state index in [1.165, 1.54) is 30.6 Å². The van der Waals surface area contributed by atoms with Gasteiger partial charge in [0.05, 0.1) is 31.9 Å². The maximum Gasteiger partial charge on any atom is 0.263 e. The van der Waals surface area contributed by atoms with Crippen LogP contribution in [0, 0.1) is 0 Å². The summed E-state index contributed by atoms with van der Waals surface area (Å²) in [6.07, 6.45) is 1.31. The number of hydrogen-bond acceptors (Lipinski definition) is 8. The first-order valence-electron chi connectivity index (χ1n) is 10.4. The maximum atomic E-state index is 12.5. The Morgan fingerprint density at radius 1 is 0.971 bits per heavy atom. The molecule has 0 atom stereocenters. The van der Waals surface area contributed by atoms with Gasteiger partial charge in [0.25, 0.3) is 10.0 Å². The van der Waals surface area contributed by atoms with Crippen LogP contribution >= 0.6 is 11.3 Å². The lowest BCUT2D eigenvalue weighted by Crippen LogP contribution is -2.25. The summed E-state index contributed by atoms with van der Waals surface area (Å²) in [4.78, 5) is 16.6. The number of methoxy groups -OCH3 is 3. The zero-order chi connectivity index (χ0) is 24.6. The molecular formula is C23H27N3O6S2. The van der Waals surface area contributed by atoms with Crippen LogP contribution in [0.5, 0.6) is 17.2 Å². The summed E-state index contributed by atoms with van der Waals surface area (Å²) in [6, 6.07) is 11.7. The van der Waals surface area contributed by atoms with E-state index in [0.29, 0.717) is 42.3 Å². The van der Waals surface area contributed by atoms with Gasteiger partial charge in [-0.1, -0.05) is 6.07 Å². The van der Waals surface area contributed by atoms with Gasteiger partial charge in [-0.15, -0.1) is 11.3 Å².